The maximum absolute atomic E-state index is 10.2. The lowest BCUT2D eigenvalue weighted by molar-refractivity contribution is 0.0956. The summed E-state index contributed by atoms with van der Waals surface area (Å²) in [5, 5.41) is 19.4. The number of pyridine rings is 1. The Labute approximate surface area is 119 Å². The van der Waals surface area contributed by atoms with E-state index in [0.29, 0.717) is 19.6 Å². The molecule has 0 aliphatic carbocycles. The minimum atomic E-state index is -0.576. The van der Waals surface area contributed by atoms with E-state index >= 15 is 0 Å². The van der Waals surface area contributed by atoms with E-state index in [1.165, 1.54) is 5.56 Å². The van der Waals surface area contributed by atoms with E-state index in [9.17, 15) is 5.11 Å². The van der Waals surface area contributed by atoms with E-state index in [2.05, 4.69) is 4.98 Å². The molecule has 0 bridgehead atoms. The van der Waals surface area contributed by atoms with Crippen LogP contribution in [0.1, 0.15) is 17.2 Å². The van der Waals surface area contributed by atoms with Gasteiger partial charge in [0.1, 0.15) is 0 Å². The summed E-state index contributed by atoms with van der Waals surface area (Å²) < 4.78 is 0. The fraction of sp³-hybridized carbons (Fsp3) is 0.312. The summed E-state index contributed by atoms with van der Waals surface area (Å²) in [6, 6.07) is 13.7. The molecule has 2 N–H and O–H groups in total. The lowest BCUT2D eigenvalue weighted by Crippen LogP contribution is -2.31. The van der Waals surface area contributed by atoms with Crippen molar-refractivity contribution in [2.75, 3.05) is 19.7 Å². The molecule has 106 valence electrons. The zero-order valence-corrected chi connectivity index (χ0v) is 11.4. The molecule has 0 aliphatic rings. The summed E-state index contributed by atoms with van der Waals surface area (Å²) >= 11 is 0. The van der Waals surface area contributed by atoms with Gasteiger partial charge in [0.2, 0.25) is 0 Å². The highest BCUT2D eigenvalue weighted by Crippen LogP contribution is 2.14. The van der Waals surface area contributed by atoms with Crippen LogP contribution in [-0.2, 0) is 6.54 Å². The molecule has 1 aromatic carbocycles. The maximum Gasteiger partial charge on any atom is 0.0918 e. The van der Waals surface area contributed by atoms with Crippen LogP contribution in [0, 0.1) is 0 Å². The van der Waals surface area contributed by atoms with Crippen LogP contribution in [0.25, 0.3) is 0 Å². The number of hydrogen-bond acceptors (Lipinski definition) is 4. The van der Waals surface area contributed by atoms with Crippen molar-refractivity contribution in [3.63, 3.8) is 0 Å². The molecule has 1 atom stereocenters. The number of benzene rings is 1. The van der Waals surface area contributed by atoms with Gasteiger partial charge in [-0.05, 0) is 23.3 Å². The molecule has 2 aromatic rings. The van der Waals surface area contributed by atoms with Gasteiger partial charge < -0.3 is 10.2 Å². The van der Waals surface area contributed by atoms with Gasteiger partial charge in [-0.25, -0.2) is 0 Å². The molecule has 0 radical (unpaired) electrons. The average molecular weight is 272 g/mol. The SMILES string of the molecule is OCCN(Cc1ccccc1)CC(O)c1ccncc1. The third kappa shape index (κ3) is 4.42. The molecule has 1 unspecified atom stereocenters. The van der Waals surface area contributed by atoms with Gasteiger partial charge in [-0.3, -0.25) is 9.88 Å². The topological polar surface area (TPSA) is 56.6 Å². The van der Waals surface area contributed by atoms with Crippen LogP contribution >= 0.6 is 0 Å². The second-order valence-corrected chi connectivity index (χ2v) is 4.74. The molecule has 1 aromatic heterocycles. The minimum Gasteiger partial charge on any atom is -0.395 e. The number of rotatable bonds is 7. The van der Waals surface area contributed by atoms with E-state index in [1.54, 1.807) is 12.4 Å². The lowest BCUT2D eigenvalue weighted by Gasteiger charge is -2.24. The average Bonchev–Trinajstić information content (AvgIpc) is 2.49. The first-order valence-corrected chi connectivity index (χ1v) is 6.74. The number of aliphatic hydroxyl groups is 2. The first-order chi connectivity index (χ1) is 9.79. The molecule has 4 heteroatoms. The summed E-state index contributed by atoms with van der Waals surface area (Å²) in [7, 11) is 0. The Morgan fingerprint density at radius 3 is 2.40 bits per heavy atom. The third-order valence-electron chi connectivity index (χ3n) is 3.19. The molecule has 0 spiro atoms. The first kappa shape index (κ1) is 14.7. The number of hydrogen-bond donors (Lipinski definition) is 2. The summed E-state index contributed by atoms with van der Waals surface area (Å²) in [5.74, 6) is 0. The van der Waals surface area contributed by atoms with Gasteiger partial charge in [0.15, 0.2) is 0 Å². The first-order valence-electron chi connectivity index (χ1n) is 6.74. The number of aliphatic hydroxyl groups excluding tert-OH is 2. The van der Waals surface area contributed by atoms with Gasteiger partial charge in [-0.15, -0.1) is 0 Å². The Bertz CT molecular complexity index is 490. The Morgan fingerprint density at radius 1 is 1.05 bits per heavy atom. The highest BCUT2D eigenvalue weighted by Gasteiger charge is 2.13. The van der Waals surface area contributed by atoms with Crippen LogP contribution in [0.4, 0.5) is 0 Å². The van der Waals surface area contributed by atoms with Gasteiger partial charge >= 0.3 is 0 Å². The molecule has 0 amide bonds. The Balaban J connectivity index is 1.98. The summed E-state index contributed by atoms with van der Waals surface area (Å²) in [4.78, 5) is 5.99. The van der Waals surface area contributed by atoms with Gasteiger partial charge in [0.25, 0.3) is 0 Å². The monoisotopic (exact) mass is 272 g/mol. The van der Waals surface area contributed by atoms with E-state index in [-0.39, 0.29) is 6.61 Å². The lowest BCUT2D eigenvalue weighted by atomic mass is 10.1. The Hall–Kier alpha value is -1.75. The highest BCUT2D eigenvalue weighted by atomic mass is 16.3. The van der Waals surface area contributed by atoms with Crippen molar-refractivity contribution < 1.29 is 10.2 Å². The number of nitrogens with zero attached hydrogens (tertiary/aromatic N) is 2. The van der Waals surface area contributed by atoms with Crippen LogP contribution in [0.3, 0.4) is 0 Å². The van der Waals surface area contributed by atoms with Crippen LogP contribution in [0.5, 0.6) is 0 Å². The van der Waals surface area contributed by atoms with E-state index in [1.807, 2.05) is 47.4 Å². The molecule has 4 nitrogen and oxygen atoms in total. The molecular formula is C16H20N2O2. The smallest absolute Gasteiger partial charge is 0.0918 e. The van der Waals surface area contributed by atoms with Crippen molar-refractivity contribution >= 4 is 0 Å². The third-order valence-corrected chi connectivity index (χ3v) is 3.19. The Morgan fingerprint density at radius 2 is 1.75 bits per heavy atom. The predicted molar refractivity (Wildman–Crippen MR) is 78.0 cm³/mol. The second-order valence-electron chi connectivity index (χ2n) is 4.74. The van der Waals surface area contributed by atoms with Crippen LogP contribution < -0.4 is 0 Å². The van der Waals surface area contributed by atoms with Crippen molar-refractivity contribution in [3.8, 4) is 0 Å². The van der Waals surface area contributed by atoms with Gasteiger partial charge in [0.05, 0.1) is 12.7 Å². The summed E-state index contributed by atoms with van der Waals surface area (Å²) in [6.45, 7) is 1.82. The zero-order chi connectivity index (χ0) is 14.2. The van der Waals surface area contributed by atoms with Gasteiger partial charge in [0, 0.05) is 32.0 Å². The fourth-order valence-electron chi connectivity index (χ4n) is 2.15. The highest BCUT2D eigenvalue weighted by molar-refractivity contribution is 5.16. The van der Waals surface area contributed by atoms with E-state index in [0.717, 1.165) is 5.56 Å². The molecule has 0 aliphatic heterocycles. The van der Waals surface area contributed by atoms with Crippen molar-refractivity contribution in [3.05, 3.63) is 66.0 Å². The fourth-order valence-corrected chi connectivity index (χ4v) is 2.15. The summed E-state index contributed by atoms with van der Waals surface area (Å²) in [5.41, 5.74) is 2.01. The Kier molecular flexibility index (Phi) is 5.68. The quantitative estimate of drug-likeness (QED) is 0.804. The summed E-state index contributed by atoms with van der Waals surface area (Å²) in [6.07, 6.45) is 2.77. The molecular weight excluding hydrogens is 252 g/mol. The van der Waals surface area contributed by atoms with Crippen molar-refractivity contribution in [2.45, 2.75) is 12.6 Å². The van der Waals surface area contributed by atoms with E-state index in [4.69, 9.17) is 5.11 Å². The zero-order valence-electron chi connectivity index (χ0n) is 11.4. The van der Waals surface area contributed by atoms with Crippen molar-refractivity contribution in [2.24, 2.45) is 0 Å². The molecule has 2 rings (SSSR count). The molecule has 0 fully saturated rings. The van der Waals surface area contributed by atoms with Crippen molar-refractivity contribution in [1.82, 2.24) is 9.88 Å². The van der Waals surface area contributed by atoms with Gasteiger partial charge in [-0.2, -0.15) is 0 Å². The molecule has 1 heterocycles. The van der Waals surface area contributed by atoms with Crippen LogP contribution in [0.15, 0.2) is 54.9 Å². The van der Waals surface area contributed by atoms with Crippen LogP contribution in [0.2, 0.25) is 0 Å². The molecule has 0 saturated heterocycles. The second kappa shape index (κ2) is 7.75. The van der Waals surface area contributed by atoms with Gasteiger partial charge in [-0.1, -0.05) is 30.3 Å². The maximum atomic E-state index is 10.2. The molecule has 20 heavy (non-hydrogen) atoms. The normalized spacial score (nSPS) is 12.6. The number of aromatic nitrogens is 1. The largest absolute Gasteiger partial charge is 0.395 e. The molecule has 0 saturated carbocycles. The van der Waals surface area contributed by atoms with E-state index < -0.39 is 6.10 Å². The predicted octanol–water partition coefficient (Wildman–Crippen LogP) is 1.61. The van der Waals surface area contributed by atoms with Crippen LogP contribution in [-0.4, -0.2) is 39.8 Å². The standard InChI is InChI=1S/C16H20N2O2/c19-11-10-18(12-14-4-2-1-3-5-14)13-16(20)15-6-8-17-9-7-15/h1-9,16,19-20H,10-13H2. The minimum absolute atomic E-state index is 0.0793. The van der Waals surface area contributed by atoms with Crippen molar-refractivity contribution in [1.29, 1.82) is 0 Å².